The number of benzene rings is 2. The fraction of sp³-hybridized carbons (Fsp3) is 0.435. The van der Waals surface area contributed by atoms with Gasteiger partial charge in [0.25, 0.3) is 6.01 Å². The summed E-state index contributed by atoms with van der Waals surface area (Å²) in [4.78, 5) is 10.1. The first-order valence-electron chi connectivity index (χ1n) is 10.6. The zero-order chi connectivity index (χ0) is 21.4. The fourth-order valence-corrected chi connectivity index (χ4v) is 4.69. The summed E-state index contributed by atoms with van der Waals surface area (Å²) in [6.07, 6.45) is 1.15. The van der Waals surface area contributed by atoms with Gasteiger partial charge in [-0.2, -0.15) is 4.98 Å². The van der Waals surface area contributed by atoms with Crippen LogP contribution in [0.1, 0.15) is 12.8 Å². The Morgan fingerprint density at radius 3 is 2.52 bits per heavy atom. The predicted molar refractivity (Wildman–Crippen MR) is 120 cm³/mol. The van der Waals surface area contributed by atoms with Crippen molar-refractivity contribution in [3.05, 3.63) is 41.4 Å². The number of halogens is 1. The number of anilines is 1. The number of ether oxygens (including phenoxy) is 2. The molecule has 2 heterocycles. The third-order valence-corrected chi connectivity index (χ3v) is 6.69. The van der Waals surface area contributed by atoms with Crippen molar-refractivity contribution in [3.63, 3.8) is 0 Å². The number of aliphatic hydroxyl groups excluding tert-OH is 2. The van der Waals surface area contributed by atoms with E-state index < -0.39 is 5.41 Å². The molecule has 8 heteroatoms. The Labute approximate surface area is 185 Å². The van der Waals surface area contributed by atoms with Gasteiger partial charge in [0.15, 0.2) is 0 Å². The number of aromatic amines is 1. The highest BCUT2D eigenvalue weighted by Gasteiger charge is 2.45. The highest BCUT2D eigenvalue weighted by Crippen LogP contribution is 2.42. The summed E-state index contributed by atoms with van der Waals surface area (Å²) < 4.78 is 11.3. The minimum atomic E-state index is -0.430. The molecule has 2 aromatic carbocycles. The van der Waals surface area contributed by atoms with E-state index in [2.05, 4.69) is 39.1 Å². The molecule has 3 N–H and O–H groups in total. The lowest BCUT2D eigenvalue weighted by Gasteiger charge is -2.44. The molecular weight excluding hydrogens is 418 g/mol. The van der Waals surface area contributed by atoms with Crippen molar-refractivity contribution in [2.45, 2.75) is 18.9 Å². The van der Waals surface area contributed by atoms with Gasteiger partial charge in [-0.1, -0.05) is 23.7 Å². The van der Waals surface area contributed by atoms with Gasteiger partial charge in [-0.15, -0.1) is 0 Å². The highest BCUT2D eigenvalue weighted by molar-refractivity contribution is 6.34. The highest BCUT2D eigenvalue weighted by atomic mass is 35.5. The zero-order valence-electron chi connectivity index (χ0n) is 17.2. The molecule has 0 amide bonds. The lowest BCUT2D eigenvalue weighted by molar-refractivity contribution is -0.0835. The van der Waals surface area contributed by atoms with Crippen LogP contribution in [0.15, 0.2) is 36.4 Å². The van der Waals surface area contributed by atoms with Gasteiger partial charge in [0.05, 0.1) is 42.5 Å². The topological polar surface area (TPSA) is 90.8 Å². The summed E-state index contributed by atoms with van der Waals surface area (Å²) in [5.74, 6) is 0. The number of aliphatic hydroxyl groups is 2. The van der Waals surface area contributed by atoms with Gasteiger partial charge < -0.3 is 29.6 Å². The maximum Gasteiger partial charge on any atom is 0.294 e. The van der Waals surface area contributed by atoms with E-state index in [0.29, 0.717) is 23.9 Å². The maximum atomic E-state index is 9.43. The summed E-state index contributed by atoms with van der Waals surface area (Å²) >= 11 is 6.58. The number of rotatable bonds is 6. The molecule has 0 bridgehead atoms. The molecule has 164 valence electrons. The molecule has 1 saturated heterocycles. The third-order valence-electron chi connectivity index (χ3n) is 6.37. The van der Waals surface area contributed by atoms with Crippen LogP contribution < -0.4 is 9.64 Å². The fourth-order valence-electron chi connectivity index (χ4n) is 4.41. The Morgan fingerprint density at radius 1 is 1.13 bits per heavy atom. The molecule has 0 atom stereocenters. The maximum absolute atomic E-state index is 9.43. The van der Waals surface area contributed by atoms with Crippen molar-refractivity contribution in [2.24, 2.45) is 5.41 Å². The molecule has 31 heavy (non-hydrogen) atoms. The molecule has 7 nitrogen and oxygen atoms in total. The van der Waals surface area contributed by atoms with Gasteiger partial charge in [0.1, 0.15) is 6.10 Å². The van der Waals surface area contributed by atoms with Crippen LogP contribution in [0.4, 0.5) is 5.69 Å². The van der Waals surface area contributed by atoms with Crippen LogP contribution in [0, 0.1) is 5.41 Å². The van der Waals surface area contributed by atoms with Gasteiger partial charge in [-0.25, -0.2) is 0 Å². The summed E-state index contributed by atoms with van der Waals surface area (Å²) in [5, 5.41) is 19.5. The quantitative estimate of drug-likeness (QED) is 0.542. The molecule has 2 aliphatic rings. The van der Waals surface area contributed by atoms with Crippen molar-refractivity contribution < 1.29 is 19.7 Å². The minimum Gasteiger partial charge on any atom is -0.461 e. The second-order valence-electron chi connectivity index (χ2n) is 8.50. The Hall–Kier alpha value is -2.32. The molecule has 1 aliphatic carbocycles. The van der Waals surface area contributed by atoms with E-state index in [9.17, 15) is 10.2 Å². The molecule has 0 unspecified atom stereocenters. The van der Waals surface area contributed by atoms with Crippen molar-refractivity contribution in [1.29, 1.82) is 0 Å². The largest absolute Gasteiger partial charge is 0.461 e. The van der Waals surface area contributed by atoms with Gasteiger partial charge in [-0.05, 0) is 42.7 Å². The van der Waals surface area contributed by atoms with E-state index in [0.717, 1.165) is 48.5 Å². The molecule has 5 rings (SSSR count). The molecule has 1 aliphatic heterocycles. The molecule has 1 saturated carbocycles. The molecule has 2 fully saturated rings. The van der Waals surface area contributed by atoms with Crippen LogP contribution in [0.2, 0.25) is 5.02 Å². The van der Waals surface area contributed by atoms with Crippen molar-refractivity contribution in [2.75, 3.05) is 44.4 Å². The number of H-pyrrole nitrogens is 1. The van der Waals surface area contributed by atoms with Crippen LogP contribution in [0.5, 0.6) is 6.01 Å². The summed E-state index contributed by atoms with van der Waals surface area (Å²) in [5.41, 5.74) is 4.29. The molecule has 0 radical (unpaired) electrons. The van der Waals surface area contributed by atoms with Gasteiger partial charge in [-0.3, -0.25) is 0 Å². The summed E-state index contributed by atoms with van der Waals surface area (Å²) in [6, 6.07) is 12.7. The Balaban J connectivity index is 1.34. The molecule has 0 spiro atoms. The Bertz CT molecular complexity index is 1050. The van der Waals surface area contributed by atoms with Gasteiger partial charge in [0, 0.05) is 29.8 Å². The summed E-state index contributed by atoms with van der Waals surface area (Å²) in [7, 11) is 0. The number of morpholine rings is 1. The molecule has 3 aromatic rings. The van der Waals surface area contributed by atoms with E-state index in [1.807, 2.05) is 12.1 Å². The average molecular weight is 444 g/mol. The first-order chi connectivity index (χ1) is 15.1. The minimum absolute atomic E-state index is 0.0349. The second kappa shape index (κ2) is 8.31. The van der Waals surface area contributed by atoms with Crippen molar-refractivity contribution in [1.82, 2.24) is 9.97 Å². The van der Waals surface area contributed by atoms with Gasteiger partial charge in [0.2, 0.25) is 0 Å². The Kier molecular flexibility index (Phi) is 5.52. The number of imidazole rings is 1. The number of fused-ring (bicyclic) bond motifs is 1. The van der Waals surface area contributed by atoms with E-state index in [1.165, 1.54) is 5.69 Å². The van der Waals surface area contributed by atoms with Crippen LogP contribution in [-0.2, 0) is 4.74 Å². The van der Waals surface area contributed by atoms with Crippen LogP contribution in [-0.4, -0.2) is 65.8 Å². The number of nitrogens with zero attached hydrogens (tertiary/aromatic N) is 2. The Morgan fingerprint density at radius 2 is 1.84 bits per heavy atom. The normalized spacial score (nSPS) is 18.9. The number of hydrogen-bond donors (Lipinski definition) is 3. The van der Waals surface area contributed by atoms with Crippen molar-refractivity contribution >= 4 is 28.3 Å². The molecular formula is C23H26ClN3O4. The predicted octanol–water partition coefficient (Wildman–Crippen LogP) is 3.23. The first-order valence-corrected chi connectivity index (χ1v) is 11.0. The van der Waals surface area contributed by atoms with Crippen molar-refractivity contribution in [3.8, 4) is 17.1 Å². The summed E-state index contributed by atoms with van der Waals surface area (Å²) in [6.45, 7) is 3.26. The monoisotopic (exact) mass is 443 g/mol. The van der Waals surface area contributed by atoms with E-state index in [1.54, 1.807) is 0 Å². The third kappa shape index (κ3) is 3.99. The SMILES string of the molecule is OCC1(CO)CC(Oc2nc3cc(-c4ccc(N5CCOCC5)cc4)c(Cl)cc3[nH]2)C1. The number of aromatic nitrogens is 2. The van der Waals surface area contributed by atoms with E-state index in [-0.39, 0.29) is 19.3 Å². The standard InChI is InChI=1S/C23H26ClN3O4/c24-19-10-21-20(25-22(26-21)31-17-11-23(12-17,13-28)14-29)9-18(19)15-1-3-16(4-2-15)27-5-7-30-8-6-27/h1-4,9-10,17,28-29H,5-8,11-14H2,(H,25,26). The zero-order valence-corrected chi connectivity index (χ0v) is 17.9. The average Bonchev–Trinajstić information content (AvgIpc) is 3.17. The smallest absolute Gasteiger partial charge is 0.294 e. The van der Waals surface area contributed by atoms with Crippen LogP contribution in [0.3, 0.4) is 0 Å². The first kappa shape index (κ1) is 20.6. The van der Waals surface area contributed by atoms with Crippen LogP contribution >= 0.6 is 11.6 Å². The lowest BCUT2D eigenvalue weighted by atomic mass is 9.68. The number of hydrogen-bond acceptors (Lipinski definition) is 6. The number of nitrogens with one attached hydrogen (secondary N) is 1. The van der Waals surface area contributed by atoms with E-state index in [4.69, 9.17) is 21.1 Å². The van der Waals surface area contributed by atoms with Crippen LogP contribution in [0.25, 0.3) is 22.2 Å². The lowest BCUT2D eigenvalue weighted by Crippen LogP contribution is -2.49. The van der Waals surface area contributed by atoms with Gasteiger partial charge >= 0.3 is 0 Å². The van der Waals surface area contributed by atoms with E-state index >= 15 is 0 Å². The second-order valence-corrected chi connectivity index (χ2v) is 8.91. The molecule has 1 aromatic heterocycles.